The molecule has 14 heteroatoms. The summed E-state index contributed by atoms with van der Waals surface area (Å²) in [7, 11) is -1.78. The summed E-state index contributed by atoms with van der Waals surface area (Å²) in [5, 5.41) is 9.36. The third kappa shape index (κ3) is 6.28. The monoisotopic (exact) mass is 528 g/mol. The summed E-state index contributed by atoms with van der Waals surface area (Å²) in [5.41, 5.74) is -0.123. The van der Waals surface area contributed by atoms with Crippen molar-refractivity contribution in [3.05, 3.63) is 61.4 Å². The van der Waals surface area contributed by atoms with Gasteiger partial charge in [-0.2, -0.15) is 0 Å². The van der Waals surface area contributed by atoms with E-state index < -0.39 is 50.2 Å². The van der Waals surface area contributed by atoms with Crippen LogP contribution >= 0.6 is 20.2 Å². The summed E-state index contributed by atoms with van der Waals surface area (Å²) in [6.07, 6.45) is -1.77. The van der Waals surface area contributed by atoms with Gasteiger partial charge in [0, 0.05) is 28.8 Å². The quantitative estimate of drug-likeness (QED) is 0.385. The van der Waals surface area contributed by atoms with Gasteiger partial charge in [0.2, 0.25) is 0 Å². The number of aromatic amines is 1. The van der Waals surface area contributed by atoms with Crippen molar-refractivity contribution >= 4 is 32.1 Å². The predicted molar refractivity (Wildman–Crippen MR) is 121 cm³/mol. The summed E-state index contributed by atoms with van der Waals surface area (Å²) in [6.45, 7) is 1.67. The summed E-state index contributed by atoms with van der Waals surface area (Å²) in [6, 6.07) is 5.12. The zero-order valence-corrected chi connectivity index (χ0v) is 20.1. The van der Waals surface area contributed by atoms with Crippen LogP contribution in [0.25, 0.3) is 0 Å². The number of carboxylic acid groups (broad SMARTS) is 1. The van der Waals surface area contributed by atoms with Crippen LogP contribution < -0.4 is 15.8 Å². The molecule has 12 nitrogen and oxygen atoms in total. The van der Waals surface area contributed by atoms with Gasteiger partial charge in [-0.1, -0.05) is 11.6 Å². The third-order valence-electron chi connectivity index (χ3n) is 5.33. The molecule has 35 heavy (non-hydrogen) atoms. The highest BCUT2D eigenvalue weighted by Gasteiger charge is 2.40. The van der Waals surface area contributed by atoms with Crippen molar-refractivity contribution in [3.8, 4) is 5.75 Å². The molecule has 4 atom stereocenters. The highest BCUT2D eigenvalue weighted by atomic mass is 35.5. The second kappa shape index (κ2) is 10.9. The molecule has 1 fully saturated rings. The largest absolute Gasteiger partial charge is 0.481 e. The van der Waals surface area contributed by atoms with E-state index in [4.69, 9.17) is 39.8 Å². The Bertz CT molecular complexity index is 1230. The Morgan fingerprint density at radius 2 is 2.11 bits per heavy atom. The van der Waals surface area contributed by atoms with Gasteiger partial charge >= 0.3 is 26.2 Å². The van der Waals surface area contributed by atoms with Crippen LogP contribution in [0.4, 0.5) is 0 Å². The number of nitrogens with zero attached hydrogens (tertiary/aromatic N) is 1. The van der Waals surface area contributed by atoms with Gasteiger partial charge in [-0.15, -0.1) is 0 Å². The third-order valence-corrected chi connectivity index (χ3v) is 6.61. The van der Waals surface area contributed by atoms with Crippen LogP contribution in [0, 0.1) is 6.92 Å². The van der Waals surface area contributed by atoms with Crippen molar-refractivity contribution in [3.63, 3.8) is 0 Å². The zero-order chi connectivity index (χ0) is 25.1. The molecule has 0 radical (unpaired) electrons. The minimum absolute atomic E-state index is 0.0825. The normalized spacial score (nSPS) is 23.4. The second-order valence-corrected chi connectivity index (χ2v) is 9.48. The Morgan fingerprint density at radius 1 is 1.31 bits per heavy atom. The second-order valence-electron chi connectivity index (χ2n) is 7.90. The Hall–Kier alpha value is -2.76. The molecule has 1 saturated heterocycles. The van der Waals surface area contributed by atoms with Crippen molar-refractivity contribution in [1.29, 1.82) is 0 Å². The van der Waals surface area contributed by atoms with E-state index in [-0.39, 0.29) is 32.5 Å². The van der Waals surface area contributed by atoms with Crippen molar-refractivity contribution in [2.75, 3.05) is 6.61 Å². The van der Waals surface area contributed by atoms with E-state index in [9.17, 15) is 19.2 Å². The maximum absolute atomic E-state index is 12.3. The number of aliphatic carboxylic acids is 1. The molecule has 3 unspecified atom stereocenters. The molecule has 0 bridgehead atoms. The Labute approximate surface area is 204 Å². The first kappa shape index (κ1) is 25.3. The smallest absolute Gasteiger partial charge is 0.397 e. The number of ether oxygens (including phenoxy) is 2. The van der Waals surface area contributed by atoms with Gasteiger partial charge in [0.25, 0.3) is 5.56 Å². The molecule has 0 saturated carbocycles. The van der Waals surface area contributed by atoms with Gasteiger partial charge in [-0.3, -0.25) is 33.0 Å². The van der Waals surface area contributed by atoms with E-state index in [0.29, 0.717) is 16.3 Å². The van der Waals surface area contributed by atoms with Gasteiger partial charge < -0.3 is 19.1 Å². The van der Waals surface area contributed by atoms with Crippen LogP contribution in [0.2, 0.25) is 5.02 Å². The molecular weight excluding hydrogens is 507 g/mol. The first-order valence-electron chi connectivity index (χ1n) is 10.6. The first-order valence-corrected chi connectivity index (χ1v) is 12.1. The summed E-state index contributed by atoms with van der Waals surface area (Å²) >= 11 is 5.98. The van der Waals surface area contributed by atoms with Crippen molar-refractivity contribution in [2.24, 2.45) is 0 Å². The minimum atomic E-state index is -1.78. The fourth-order valence-corrected chi connectivity index (χ4v) is 4.79. The standard InChI is InChI=1S/C21H22ClN2O10P/c1-11-8-24(21(29)23-20(11)28)17-7-15(33-19(27)5-4-18(25)26)16(32-17)10-31-35-30-9-12-6-13(22)2-3-14(12)34-35/h2-3,6,8,15-17H,4-5,7,9-10H2,1H3,(H,25,26)(H,23,28,29)/t15-,16?,17?,35?/m1/s1. The molecule has 1 aromatic carbocycles. The molecule has 3 heterocycles. The number of halogens is 1. The average Bonchev–Trinajstić information content (AvgIpc) is 3.20. The van der Waals surface area contributed by atoms with Crippen molar-refractivity contribution in [1.82, 2.24) is 9.55 Å². The van der Waals surface area contributed by atoms with E-state index in [1.807, 2.05) is 0 Å². The number of H-pyrrole nitrogens is 1. The van der Waals surface area contributed by atoms with Gasteiger partial charge in [-0.25, -0.2) is 4.79 Å². The lowest BCUT2D eigenvalue weighted by molar-refractivity contribution is -0.155. The van der Waals surface area contributed by atoms with Crippen LogP contribution in [0.3, 0.4) is 0 Å². The van der Waals surface area contributed by atoms with E-state index in [0.717, 1.165) is 5.56 Å². The van der Waals surface area contributed by atoms with Crippen LogP contribution in [0.15, 0.2) is 34.0 Å². The number of hydrogen-bond donors (Lipinski definition) is 2. The van der Waals surface area contributed by atoms with E-state index >= 15 is 0 Å². The molecule has 2 aliphatic heterocycles. The van der Waals surface area contributed by atoms with Crippen LogP contribution in [-0.4, -0.2) is 45.4 Å². The van der Waals surface area contributed by atoms with Crippen molar-refractivity contribution in [2.45, 2.75) is 51.2 Å². The fourth-order valence-electron chi connectivity index (χ4n) is 3.56. The topological polar surface area (TPSA) is 155 Å². The van der Waals surface area contributed by atoms with Crippen LogP contribution in [-0.2, 0) is 34.7 Å². The Kier molecular flexibility index (Phi) is 7.88. The lowest BCUT2D eigenvalue weighted by Gasteiger charge is -2.26. The van der Waals surface area contributed by atoms with Crippen LogP contribution in [0.1, 0.15) is 36.6 Å². The average molecular weight is 529 g/mol. The molecule has 0 aliphatic carbocycles. The van der Waals surface area contributed by atoms with E-state index in [2.05, 4.69) is 4.98 Å². The predicted octanol–water partition coefficient (Wildman–Crippen LogP) is 2.42. The molecule has 2 aliphatic rings. The summed E-state index contributed by atoms with van der Waals surface area (Å²) < 4.78 is 29.7. The number of carbonyl (C=O) groups is 2. The fraction of sp³-hybridized carbons (Fsp3) is 0.429. The number of esters is 1. The molecule has 188 valence electrons. The van der Waals surface area contributed by atoms with Crippen molar-refractivity contribution < 1.29 is 37.7 Å². The highest BCUT2D eigenvalue weighted by molar-refractivity contribution is 7.42. The molecule has 1 aromatic heterocycles. The molecule has 2 aromatic rings. The molecule has 4 rings (SSSR count). The minimum Gasteiger partial charge on any atom is -0.481 e. The van der Waals surface area contributed by atoms with E-state index in [1.54, 1.807) is 25.1 Å². The molecule has 0 amide bonds. The Balaban J connectivity index is 1.45. The van der Waals surface area contributed by atoms with Gasteiger partial charge in [0.1, 0.15) is 24.2 Å². The summed E-state index contributed by atoms with van der Waals surface area (Å²) in [4.78, 5) is 49.2. The first-order chi connectivity index (χ1) is 16.7. The molecule has 2 N–H and O–H groups in total. The molecule has 0 spiro atoms. The highest BCUT2D eigenvalue weighted by Crippen LogP contribution is 2.48. The lowest BCUT2D eigenvalue weighted by Crippen LogP contribution is -2.33. The zero-order valence-electron chi connectivity index (χ0n) is 18.5. The van der Waals surface area contributed by atoms with Gasteiger partial charge in [0.05, 0.1) is 26.1 Å². The van der Waals surface area contributed by atoms with E-state index in [1.165, 1.54) is 10.8 Å². The van der Waals surface area contributed by atoms with Gasteiger partial charge in [0.15, 0.2) is 0 Å². The number of benzene rings is 1. The number of rotatable bonds is 8. The molecular formula is C21H22ClN2O10P. The lowest BCUT2D eigenvalue weighted by atomic mass is 10.2. The van der Waals surface area contributed by atoms with Gasteiger partial charge in [-0.05, 0) is 25.1 Å². The number of hydrogen-bond acceptors (Lipinski definition) is 9. The van der Waals surface area contributed by atoms with Crippen LogP contribution in [0.5, 0.6) is 5.75 Å². The number of nitrogens with one attached hydrogen (secondary N) is 1. The number of carboxylic acids is 1. The number of carbonyl (C=O) groups excluding carboxylic acids is 1. The maximum atomic E-state index is 12.3. The maximum Gasteiger partial charge on any atom is 0.397 e. The number of aryl methyl sites for hydroxylation is 1. The number of fused-ring (bicyclic) bond motifs is 1. The summed E-state index contributed by atoms with van der Waals surface area (Å²) in [5.74, 6) is -1.28. The Morgan fingerprint density at radius 3 is 2.89 bits per heavy atom. The SMILES string of the molecule is Cc1cn(C2C[C@@H](OC(=O)CCC(=O)O)C(COP3OCc4cc(Cl)ccc4O3)O2)c(=O)[nH]c1=O. The number of aromatic nitrogens is 2.